The number of hydrogen-bond donors (Lipinski definition) is 2. The number of anilines is 1. The lowest BCUT2D eigenvalue weighted by Crippen LogP contribution is -2.37. The van der Waals surface area contributed by atoms with Crippen molar-refractivity contribution in [2.24, 2.45) is 11.8 Å². The molecule has 0 bridgehead atoms. The van der Waals surface area contributed by atoms with E-state index in [9.17, 15) is 9.59 Å². The van der Waals surface area contributed by atoms with E-state index in [1.54, 1.807) is 0 Å². The second-order valence-corrected chi connectivity index (χ2v) is 10.6. The molecule has 1 atom stereocenters. The van der Waals surface area contributed by atoms with E-state index < -0.39 is 5.97 Å². The molecule has 1 aromatic carbocycles. The van der Waals surface area contributed by atoms with Gasteiger partial charge in [-0.15, -0.1) is 5.10 Å². The van der Waals surface area contributed by atoms with Crippen molar-refractivity contribution in [3.63, 3.8) is 0 Å². The van der Waals surface area contributed by atoms with Gasteiger partial charge in [0.05, 0.1) is 11.6 Å². The summed E-state index contributed by atoms with van der Waals surface area (Å²) in [7, 11) is 0. The Balaban J connectivity index is 0.000000433. The molecule has 3 fully saturated rings. The van der Waals surface area contributed by atoms with Crippen molar-refractivity contribution >= 4 is 23.5 Å². The highest BCUT2D eigenvalue weighted by Crippen LogP contribution is 2.30. The van der Waals surface area contributed by atoms with Crippen molar-refractivity contribution in [3.05, 3.63) is 48.0 Å². The molecule has 1 saturated heterocycles. The zero-order valence-corrected chi connectivity index (χ0v) is 22.3. The number of hydrogen-bond acceptors (Lipinski definition) is 6. The SMILES string of the molecule is CCN(CC)C1CCN(Cc2ccc(-c3cccc4nc(NC(=O)C5CC5)nn34)cc2)C1.O=C(O)C1CC1. The molecule has 0 radical (unpaired) electrons. The summed E-state index contributed by atoms with van der Waals surface area (Å²) in [5.74, 6) is -0.0775. The number of likely N-dealkylation sites (N-methyl/N-ethyl adjacent to an activating group) is 1. The molecule has 202 valence electrons. The maximum absolute atomic E-state index is 12.1. The number of amides is 1. The van der Waals surface area contributed by atoms with Crippen LogP contribution in [0.5, 0.6) is 0 Å². The molecular formula is C29H38N6O3. The number of nitrogens with zero attached hydrogens (tertiary/aromatic N) is 5. The predicted molar refractivity (Wildman–Crippen MR) is 147 cm³/mol. The summed E-state index contributed by atoms with van der Waals surface area (Å²) in [5.41, 5.74) is 4.12. The molecular weight excluding hydrogens is 480 g/mol. The van der Waals surface area contributed by atoms with Crippen molar-refractivity contribution in [2.45, 2.75) is 58.5 Å². The van der Waals surface area contributed by atoms with Crippen LogP contribution in [0.25, 0.3) is 16.9 Å². The topological polar surface area (TPSA) is 103 Å². The van der Waals surface area contributed by atoms with E-state index >= 15 is 0 Å². The zero-order valence-electron chi connectivity index (χ0n) is 22.3. The van der Waals surface area contributed by atoms with Gasteiger partial charge in [-0.3, -0.25) is 24.7 Å². The second kappa shape index (κ2) is 11.6. The fraction of sp³-hybridized carbons (Fsp3) is 0.517. The van der Waals surface area contributed by atoms with E-state index in [1.807, 2.05) is 22.7 Å². The van der Waals surface area contributed by atoms with E-state index in [4.69, 9.17) is 5.11 Å². The van der Waals surface area contributed by atoms with Crippen LogP contribution in [0.3, 0.4) is 0 Å². The number of likely N-dealkylation sites (tertiary alicyclic amines) is 1. The Bertz CT molecular complexity index is 1260. The monoisotopic (exact) mass is 518 g/mol. The lowest BCUT2D eigenvalue weighted by Gasteiger charge is -2.26. The van der Waals surface area contributed by atoms with Gasteiger partial charge in [-0.2, -0.15) is 4.98 Å². The molecule has 1 aliphatic heterocycles. The lowest BCUT2D eigenvalue weighted by atomic mass is 10.1. The van der Waals surface area contributed by atoms with Crippen molar-refractivity contribution in [1.29, 1.82) is 0 Å². The molecule has 1 unspecified atom stereocenters. The number of pyridine rings is 1. The molecule has 1 amide bonds. The highest BCUT2D eigenvalue weighted by atomic mass is 16.4. The average Bonchev–Trinajstić information content (AvgIpc) is 3.85. The summed E-state index contributed by atoms with van der Waals surface area (Å²) in [6.45, 7) is 10.1. The van der Waals surface area contributed by atoms with Crippen LogP contribution >= 0.6 is 0 Å². The molecule has 2 aromatic heterocycles. The van der Waals surface area contributed by atoms with Gasteiger partial charge in [0, 0.05) is 37.2 Å². The highest BCUT2D eigenvalue weighted by Gasteiger charge is 2.30. The number of fused-ring (bicyclic) bond motifs is 1. The van der Waals surface area contributed by atoms with Crippen LogP contribution in [0, 0.1) is 11.8 Å². The van der Waals surface area contributed by atoms with Crippen LogP contribution in [0.15, 0.2) is 42.5 Å². The minimum Gasteiger partial charge on any atom is -0.481 e. The van der Waals surface area contributed by atoms with Crippen LogP contribution < -0.4 is 5.32 Å². The Hall–Kier alpha value is -3.30. The fourth-order valence-corrected chi connectivity index (χ4v) is 5.10. The quantitative estimate of drug-likeness (QED) is 0.439. The summed E-state index contributed by atoms with van der Waals surface area (Å²) in [6.07, 6.45) is 4.98. The number of benzene rings is 1. The number of rotatable bonds is 9. The fourth-order valence-electron chi connectivity index (χ4n) is 5.10. The molecule has 38 heavy (non-hydrogen) atoms. The minimum atomic E-state index is -0.630. The van der Waals surface area contributed by atoms with Crippen molar-refractivity contribution in [3.8, 4) is 11.3 Å². The van der Waals surface area contributed by atoms with Gasteiger partial charge >= 0.3 is 5.97 Å². The van der Waals surface area contributed by atoms with Gasteiger partial charge in [0.2, 0.25) is 11.9 Å². The van der Waals surface area contributed by atoms with Gasteiger partial charge < -0.3 is 5.11 Å². The molecule has 9 heteroatoms. The highest BCUT2D eigenvalue weighted by molar-refractivity contribution is 5.92. The Morgan fingerprint density at radius 3 is 2.32 bits per heavy atom. The third-order valence-corrected chi connectivity index (χ3v) is 7.70. The van der Waals surface area contributed by atoms with Gasteiger partial charge in [-0.05, 0) is 62.9 Å². The summed E-state index contributed by atoms with van der Waals surface area (Å²) in [5, 5.41) is 15.4. The van der Waals surface area contributed by atoms with Gasteiger partial charge in [0.25, 0.3) is 0 Å². The summed E-state index contributed by atoms with van der Waals surface area (Å²) in [4.78, 5) is 31.4. The first kappa shape index (κ1) is 26.3. The normalized spacial score (nSPS) is 19.4. The van der Waals surface area contributed by atoms with E-state index in [0.717, 1.165) is 75.3 Å². The number of aromatic nitrogens is 3. The first-order valence-electron chi connectivity index (χ1n) is 13.9. The number of nitrogens with one attached hydrogen (secondary N) is 1. The molecule has 3 aliphatic rings. The Morgan fingerprint density at radius 1 is 1.00 bits per heavy atom. The van der Waals surface area contributed by atoms with E-state index in [1.165, 1.54) is 12.0 Å². The maximum Gasteiger partial charge on any atom is 0.306 e. The van der Waals surface area contributed by atoms with Crippen LogP contribution in [-0.2, 0) is 16.1 Å². The van der Waals surface area contributed by atoms with Gasteiger partial charge in [-0.25, -0.2) is 4.52 Å². The molecule has 3 aromatic rings. The maximum atomic E-state index is 12.1. The number of carboxylic acid groups (broad SMARTS) is 1. The molecule has 0 spiro atoms. The predicted octanol–water partition coefficient (Wildman–Crippen LogP) is 4.14. The van der Waals surface area contributed by atoms with Gasteiger partial charge in [-0.1, -0.05) is 44.2 Å². The first-order chi connectivity index (χ1) is 18.4. The average molecular weight is 519 g/mol. The molecule has 6 rings (SSSR count). The largest absolute Gasteiger partial charge is 0.481 e. The van der Waals surface area contributed by atoms with Crippen LogP contribution in [0.2, 0.25) is 0 Å². The zero-order chi connectivity index (χ0) is 26.6. The number of aliphatic carboxylic acids is 1. The van der Waals surface area contributed by atoms with Crippen molar-refractivity contribution < 1.29 is 14.7 Å². The van der Waals surface area contributed by atoms with Crippen LogP contribution in [0.1, 0.15) is 51.5 Å². The molecule has 2 saturated carbocycles. The lowest BCUT2D eigenvalue weighted by molar-refractivity contribution is -0.138. The smallest absolute Gasteiger partial charge is 0.306 e. The second-order valence-electron chi connectivity index (χ2n) is 10.6. The van der Waals surface area contributed by atoms with Gasteiger partial charge in [0.1, 0.15) is 0 Å². The number of carbonyl (C=O) groups is 2. The van der Waals surface area contributed by atoms with E-state index in [-0.39, 0.29) is 17.7 Å². The first-order valence-corrected chi connectivity index (χ1v) is 13.9. The van der Waals surface area contributed by atoms with Crippen LogP contribution in [-0.4, -0.2) is 73.6 Å². The molecule has 2 aliphatic carbocycles. The minimum absolute atomic E-state index is 0.0185. The Kier molecular flexibility index (Phi) is 8.04. The Labute approximate surface area is 223 Å². The van der Waals surface area contributed by atoms with Crippen LogP contribution in [0.4, 0.5) is 5.95 Å². The Morgan fingerprint density at radius 2 is 1.71 bits per heavy atom. The molecule has 9 nitrogen and oxygen atoms in total. The number of carbonyl (C=O) groups excluding carboxylic acids is 1. The van der Waals surface area contributed by atoms with Gasteiger partial charge in [0.15, 0.2) is 5.65 Å². The van der Waals surface area contributed by atoms with E-state index in [2.05, 4.69) is 63.3 Å². The number of carboxylic acids is 1. The van der Waals surface area contributed by atoms with E-state index in [0.29, 0.717) is 12.0 Å². The van der Waals surface area contributed by atoms with Crippen molar-refractivity contribution in [1.82, 2.24) is 24.4 Å². The summed E-state index contributed by atoms with van der Waals surface area (Å²) in [6, 6.07) is 15.4. The molecule has 3 heterocycles. The van der Waals surface area contributed by atoms with Crippen molar-refractivity contribution in [2.75, 3.05) is 31.5 Å². The summed E-state index contributed by atoms with van der Waals surface area (Å²) >= 11 is 0. The molecule has 2 N–H and O–H groups in total. The third kappa shape index (κ3) is 6.39. The third-order valence-electron chi connectivity index (χ3n) is 7.70. The standard InChI is InChI=1S/C25H32N6O.C4H6O2/c1-3-30(4-2)21-14-15-29(17-21)16-18-8-10-19(11-9-18)22-6-5-7-23-26-25(28-31(22)23)27-24(32)20-12-13-20;5-4(6)3-1-2-3/h5-11,20-21H,3-4,12-17H2,1-2H3,(H,27,28,32);3H,1-2H2,(H,5,6). The summed E-state index contributed by atoms with van der Waals surface area (Å²) < 4.78 is 1.81.